The van der Waals surface area contributed by atoms with Gasteiger partial charge in [-0.3, -0.25) is 4.79 Å². The molecule has 1 unspecified atom stereocenters. The van der Waals surface area contributed by atoms with E-state index in [-0.39, 0.29) is 11.2 Å². The number of hydrogen-bond donors (Lipinski definition) is 2. The Morgan fingerprint density at radius 1 is 0.912 bits per heavy atom. The van der Waals surface area contributed by atoms with E-state index in [4.69, 9.17) is 14.5 Å². The number of hydrogen-bond acceptors (Lipinski definition) is 5. The van der Waals surface area contributed by atoms with Crippen molar-refractivity contribution in [2.24, 2.45) is 0 Å². The molecule has 0 aliphatic rings. The van der Waals surface area contributed by atoms with Crippen molar-refractivity contribution in [3.63, 3.8) is 0 Å². The molecule has 0 radical (unpaired) electrons. The monoisotopic (exact) mass is 585 g/mol. The number of ether oxygens (including phenoxy) is 2. The number of methoxy groups -OCH3 is 2. The van der Waals surface area contributed by atoms with Gasteiger partial charge in [0.2, 0.25) is 5.91 Å². The maximum Gasteiger partial charge on any atom is 0.237 e. The van der Waals surface area contributed by atoms with Crippen LogP contribution in [0.5, 0.6) is 11.5 Å². The number of thioether (sulfide) groups is 1. The van der Waals surface area contributed by atoms with Crippen molar-refractivity contribution in [3.05, 3.63) is 76.4 Å². The number of carbonyl (C=O) groups is 1. The van der Waals surface area contributed by atoms with Crippen molar-refractivity contribution in [2.75, 3.05) is 19.5 Å². The van der Waals surface area contributed by atoms with E-state index in [1.54, 1.807) is 14.2 Å². The first-order valence-electron chi connectivity index (χ1n) is 10.6. The predicted molar refractivity (Wildman–Crippen MR) is 146 cm³/mol. The molecule has 34 heavy (non-hydrogen) atoms. The molecular formula is C26H24IN3O3S. The average molecular weight is 585 g/mol. The Hall–Kier alpha value is -2.98. The average Bonchev–Trinajstić information content (AvgIpc) is 3.29. The smallest absolute Gasteiger partial charge is 0.237 e. The molecule has 0 aliphatic heterocycles. The Morgan fingerprint density at radius 2 is 1.47 bits per heavy atom. The first kappa shape index (κ1) is 24.2. The van der Waals surface area contributed by atoms with Gasteiger partial charge >= 0.3 is 0 Å². The van der Waals surface area contributed by atoms with Crippen LogP contribution >= 0.6 is 34.4 Å². The molecule has 4 rings (SSSR count). The van der Waals surface area contributed by atoms with Gasteiger partial charge in [0.1, 0.15) is 11.5 Å². The molecule has 0 spiro atoms. The Kier molecular flexibility index (Phi) is 7.79. The highest BCUT2D eigenvalue weighted by Crippen LogP contribution is 2.35. The summed E-state index contributed by atoms with van der Waals surface area (Å²) in [4.78, 5) is 21.0. The molecule has 1 heterocycles. The number of aromatic amines is 1. The summed E-state index contributed by atoms with van der Waals surface area (Å²) in [7, 11) is 3.29. The third-order valence-corrected chi connectivity index (χ3v) is 6.90. The molecule has 1 amide bonds. The van der Waals surface area contributed by atoms with Crippen LogP contribution in [0.4, 0.5) is 5.69 Å². The SMILES string of the molecule is COc1ccc(-c2nc(SC(C)C(=O)Nc3ccc(I)cc3)[nH]c2-c2ccc(OC)cc2)cc1. The van der Waals surface area contributed by atoms with Crippen LogP contribution in [0, 0.1) is 3.57 Å². The molecule has 0 saturated carbocycles. The Labute approximate surface area is 216 Å². The molecule has 3 aromatic carbocycles. The number of nitrogens with zero attached hydrogens (tertiary/aromatic N) is 1. The van der Waals surface area contributed by atoms with Gasteiger partial charge in [-0.15, -0.1) is 0 Å². The summed E-state index contributed by atoms with van der Waals surface area (Å²) in [5.74, 6) is 1.48. The van der Waals surface area contributed by atoms with Crippen molar-refractivity contribution in [3.8, 4) is 34.0 Å². The van der Waals surface area contributed by atoms with Gasteiger partial charge in [-0.2, -0.15) is 0 Å². The molecule has 174 valence electrons. The highest BCUT2D eigenvalue weighted by Gasteiger charge is 2.20. The molecule has 0 saturated heterocycles. The minimum absolute atomic E-state index is 0.0837. The molecule has 1 aromatic heterocycles. The van der Waals surface area contributed by atoms with Gasteiger partial charge in [0, 0.05) is 20.4 Å². The van der Waals surface area contributed by atoms with E-state index in [0.717, 1.165) is 43.3 Å². The fraction of sp³-hybridized carbons (Fsp3) is 0.154. The Bertz CT molecular complexity index is 1190. The van der Waals surface area contributed by atoms with Crippen molar-refractivity contribution in [1.82, 2.24) is 9.97 Å². The number of anilines is 1. The molecule has 8 heteroatoms. The van der Waals surface area contributed by atoms with E-state index < -0.39 is 0 Å². The fourth-order valence-electron chi connectivity index (χ4n) is 3.33. The normalized spacial score (nSPS) is 11.6. The van der Waals surface area contributed by atoms with E-state index in [2.05, 4.69) is 32.9 Å². The second kappa shape index (κ2) is 11.0. The van der Waals surface area contributed by atoms with E-state index in [9.17, 15) is 4.79 Å². The van der Waals surface area contributed by atoms with Crippen LogP contribution in [0.3, 0.4) is 0 Å². The summed E-state index contributed by atoms with van der Waals surface area (Å²) in [6.07, 6.45) is 0. The van der Waals surface area contributed by atoms with Crippen LogP contribution in [0.2, 0.25) is 0 Å². The van der Waals surface area contributed by atoms with Crippen LogP contribution < -0.4 is 14.8 Å². The van der Waals surface area contributed by atoms with Crippen molar-refractivity contribution < 1.29 is 14.3 Å². The zero-order chi connectivity index (χ0) is 24.1. The summed E-state index contributed by atoms with van der Waals surface area (Å²) in [6, 6.07) is 23.3. The molecule has 0 aliphatic carbocycles. The largest absolute Gasteiger partial charge is 0.497 e. The molecule has 2 N–H and O–H groups in total. The highest BCUT2D eigenvalue weighted by atomic mass is 127. The van der Waals surface area contributed by atoms with Crippen molar-refractivity contribution >= 4 is 45.9 Å². The quantitative estimate of drug-likeness (QED) is 0.183. The number of H-pyrrole nitrogens is 1. The van der Waals surface area contributed by atoms with Crippen LogP contribution in [0.25, 0.3) is 22.5 Å². The minimum Gasteiger partial charge on any atom is -0.497 e. The van der Waals surface area contributed by atoms with Crippen LogP contribution in [0.1, 0.15) is 6.92 Å². The summed E-state index contributed by atoms with van der Waals surface area (Å²) >= 11 is 3.62. The summed E-state index contributed by atoms with van der Waals surface area (Å²) in [5.41, 5.74) is 4.38. The lowest BCUT2D eigenvalue weighted by molar-refractivity contribution is -0.115. The van der Waals surface area contributed by atoms with Gasteiger partial charge in [0.15, 0.2) is 5.16 Å². The number of nitrogens with one attached hydrogen (secondary N) is 2. The summed E-state index contributed by atoms with van der Waals surface area (Å²) < 4.78 is 11.7. The lowest BCUT2D eigenvalue weighted by Crippen LogP contribution is -2.22. The van der Waals surface area contributed by atoms with Gasteiger partial charge in [-0.25, -0.2) is 4.98 Å². The standard InChI is InChI=1S/C26H24IN3O3S/c1-16(25(31)28-20-10-8-19(27)9-11-20)34-26-29-23(17-4-12-21(32-2)13-5-17)24(30-26)18-6-14-22(33-3)15-7-18/h4-16H,1-3H3,(H,28,31)(H,29,30). The molecule has 0 fully saturated rings. The fourth-order valence-corrected chi connectivity index (χ4v) is 4.50. The number of amides is 1. The molecule has 6 nitrogen and oxygen atoms in total. The lowest BCUT2D eigenvalue weighted by Gasteiger charge is -2.10. The third-order valence-electron chi connectivity index (χ3n) is 5.19. The highest BCUT2D eigenvalue weighted by molar-refractivity contribution is 14.1. The molecule has 0 bridgehead atoms. The number of halogens is 1. The van der Waals surface area contributed by atoms with Crippen LogP contribution in [-0.2, 0) is 4.79 Å². The second-order valence-corrected chi connectivity index (χ2v) is 10.1. The van der Waals surface area contributed by atoms with E-state index in [1.165, 1.54) is 11.8 Å². The number of aromatic nitrogens is 2. The van der Waals surface area contributed by atoms with E-state index in [0.29, 0.717) is 5.16 Å². The van der Waals surface area contributed by atoms with Gasteiger partial charge in [-0.1, -0.05) is 11.8 Å². The Morgan fingerprint density at radius 3 is 2.03 bits per heavy atom. The summed E-state index contributed by atoms with van der Waals surface area (Å²) in [5, 5.41) is 3.29. The summed E-state index contributed by atoms with van der Waals surface area (Å²) in [6.45, 7) is 1.87. The maximum atomic E-state index is 12.8. The number of imidazole rings is 1. The van der Waals surface area contributed by atoms with E-state index >= 15 is 0 Å². The number of carbonyl (C=O) groups excluding carboxylic acids is 1. The third kappa shape index (κ3) is 5.74. The predicted octanol–water partition coefficient (Wildman–Crippen LogP) is 6.48. The minimum atomic E-state index is -0.349. The molecular weight excluding hydrogens is 561 g/mol. The maximum absolute atomic E-state index is 12.8. The Balaban J connectivity index is 1.61. The van der Waals surface area contributed by atoms with E-state index in [1.807, 2.05) is 79.7 Å². The van der Waals surface area contributed by atoms with Gasteiger partial charge in [0.05, 0.1) is 30.9 Å². The van der Waals surface area contributed by atoms with Gasteiger partial charge in [-0.05, 0) is 102 Å². The first-order chi connectivity index (χ1) is 16.5. The van der Waals surface area contributed by atoms with Gasteiger partial charge in [0.25, 0.3) is 0 Å². The van der Waals surface area contributed by atoms with Gasteiger partial charge < -0.3 is 19.8 Å². The zero-order valence-electron chi connectivity index (χ0n) is 19.0. The van der Waals surface area contributed by atoms with Crippen LogP contribution in [0.15, 0.2) is 78.0 Å². The lowest BCUT2D eigenvalue weighted by atomic mass is 10.0. The number of rotatable bonds is 8. The van der Waals surface area contributed by atoms with Crippen LogP contribution in [-0.4, -0.2) is 35.3 Å². The van der Waals surface area contributed by atoms with Crippen molar-refractivity contribution in [2.45, 2.75) is 17.3 Å². The number of benzene rings is 3. The first-order valence-corrected chi connectivity index (χ1v) is 12.5. The topological polar surface area (TPSA) is 76.2 Å². The zero-order valence-corrected chi connectivity index (χ0v) is 21.9. The molecule has 1 atom stereocenters. The second-order valence-electron chi connectivity index (χ2n) is 7.48. The molecule has 4 aromatic rings. The van der Waals surface area contributed by atoms with Crippen molar-refractivity contribution in [1.29, 1.82) is 0 Å².